The molecule has 3 heterocycles. The second-order valence-corrected chi connectivity index (χ2v) is 6.91. The number of amides is 1. The van der Waals surface area contributed by atoms with E-state index in [4.69, 9.17) is 5.11 Å². The van der Waals surface area contributed by atoms with Crippen LogP contribution in [0.3, 0.4) is 0 Å². The van der Waals surface area contributed by atoms with Crippen LogP contribution in [-0.4, -0.2) is 56.4 Å². The molecule has 1 aliphatic rings. The highest BCUT2D eigenvalue weighted by Crippen LogP contribution is 2.28. The van der Waals surface area contributed by atoms with Gasteiger partial charge in [-0.15, -0.1) is 11.3 Å². The topological polar surface area (TPSA) is 83.3 Å². The second kappa shape index (κ2) is 7.87. The van der Waals surface area contributed by atoms with Crippen molar-refractivity contribution in [3.05, 3.63) is 29.5 Å². The number of aliphatic hydroxyl groups excluding tert-OH is 1. The van der Waals surface area contributed by atoms with Crippen molar-refractivity contribution in [1.82, 2.24) is 19.7 Å². The van der Waals surface area contributed by atoms with E-state index in [1.54, 1.807) is 12.4 Å². The zero-order chi connectivity index (χ0) is 16.9. The van der Waals surface area contributed by atoms with E-state index in [0.717, 1.165) is 25.9 Å². The molecule has 2 aromatic heterocycles. The lowest BCUT2D eigenvalue weighted by molar-refractivity contribution is -0.121. The monoisotopic (exact) mass is 349 g/mol. The van der Waals surface area contributed by atoms with Crippen LogP contribution in [0.15, 0.2) is 23.8 Å². The van der Waals surface area contributed by atoms with E-state index in [1.165, 1.54) is 17.0 Å². The predicted octanol–water partition coefficient (Wildman–Crippen LogP) is 1.54. The third-order valence-electron chi connectivity index (χ3n) is 4.60. The minimum atomic E-state index is -0.169. The van der Waals surface area contributed by atoms with Crippen molar-refractivity contribution >= 4 is 22.4 Å². The van der Waals surface area contributed by atoms with Crippen molar-refractivity contribution in [2.45, 2.75) is 38.3 Å². The lowest BCUT2D eigenvalue weighted by Crippen LogP contribution is -2.45. The summed E-state index contributed by atoms with van der Waals surface area (Å²) in [5.41, 5.74) is 1.18. The largest absolute Gasteiger partial charge is 0.394 e. The van der Waals surface area contributed by atoms with Gasteiger partial charge in [-0.25, -0.2) is 4.98 Å². The first-order valence-corrected chi connectivity index (χ1v) is 9.14. The van der Waals surface area contributed by atoms with Crippen molar-refractivity contribution in [2.24, 2.45) is 0 Å². The van der Waals surface area contributed by atoms with Gasteiger partial charge in [0.1, 0.15) is 0 Å². The molecular weight excluding hydrogens is 326 g/mol. The summed E-state index contributed by atoms with van der Waals surface area (Å²) in [6.07, 6.45) is 5.46. The van der Waals surface area contributed by atoms with Gasteiger partial charge >= 0.3 is 0 Å². The van der Waals surface area contributed by atoms with Crippen molar-refractivity contribution in [1.29, 1.82) is 0 Å². The zero-order valence-electron chi connectivity index (χ0n) is 13.8. The number of nitrogens with zero attached hydrogens (tertiary/aromatic N) is 4. The Kier molecular flexibility index (Phi) is 5.60. The number of carbonyl (C=O) groups is 1. The van der Waals surface area contributed by atoms with Gasteiger partial charge in [0.15, 0.2) is 5.13 Å². The number of anilines is 1. The third kappa shape index (κ3) is 3.82. The number of hydrogen-bond donors (Lipinski definition) is 2. The molecule has 24 heavy (non-hydrogen) atoms. The summed E-state index contributed by atoms with van der Waals surface area (Å²) in [6, 6.07) is 1.87. The van der Waals surface area contributed by atoms with Gasteiger partial charge in [-0.05, 0) is 38.9 Å². The van der Waals surface area contributed by atoms with Gasteiger partial charge in [-0.2, -0.15) is 5.10 Å². The SMILES string of the molecule is C[C@@H](C(=O)Nc1nccs1)N1CCC(c2ccnn2CCO)CC1. The molecule has 0 aliphatic carbocycles. The zero-order valence-corrected chi connectivity index (χ0v) is 14.6. The highest BCUT2D eigenvalue weighted by molar-refractivity contribution is 7.13. The molecule has 1 amide bonds. The van der Waals surface area contributed by atoms with Crippen LogP contribution in [0, 0.1) is 0 Å². The Morgan fingerprint density at radius 3 is 2.92 bits per heavy atom. The first-order chi connectivity index (χ1) is 11.7. The van der Waals surface area contributed by atoms with Gasteiger partial charge in [0.25, 0.3) is 0 Å². The van der Waals surface area contributed by atoms with E-state index < -0.39 is 0 Å². The summed E-state index contributed by atoms with van der Waals surface area (Å²) in [5.74, 6) is 0.429. The van der Waals surface area contributed by atoms with Crippen LogP contribution in [0.5, 0.6) is 0 Å². The van der Waals surface area contributed by atoms with Crippen LogP contribution < -0.4 is 5.32 Å². The fourth-order valence-corrected chi connectivity index (χ4v) is 3.75. The molecule has 1 aliphatic heterocycles. The second-order valence-electron chi connectivity index (χ2n) is 6.02. The molecular formula is C16H23N5O2S. The van der Waals surface area contributed by atoms with Crippen molar-refractivity contribution in [2.75, 3.05) is 25.0 Å². The van der Waals surface area contributed by atoms with Gasteiger partial charge in [-0.3, -0.25) is 14.4 Å². The van der Waals surface area contributed by atoms with E-state index in [2.05, 4.69) is 20.3 Å². The number of aromatic nitrogens is 3. The number of nitrogens with one attached hydrogen (secondary N) is 1. The Balaban J connectivity index is 1.54. The molecule has 0 aromatic carbocycles. The van der Waals surface area contributed by atoms with Crippen molar-refractivity contribution < 1.29 is 9.90 Å². The minimum Gasteiger partial charge on any atom is -0.394 e. The molecule has 0 saturated carbocycles. The van der Waals surface area contributed by atoms with Gasteiger partial charge in [0.05, 0.1) is 19.2 Å². The van der Waals surface area contributed by atoms with Gasteiger partial charge < -0.3 is 10.4 Å². The Labute approximate surface area is 145 Å². The summed E-state index contributed by atoms with van der Waals surface area (Å²) in [7, 11) is 0. The third-order valence-corrected chi connectivity index (χ3v) is 5.29. The average Bonchev–Trinajstić information content (AvgIpc) is 3.26. The van der Waals surface area contributed by atoms with Crippen molar-refractivity contribution in [3.63, 3.8) is 0 Å². The quantitative estimate of drug-likeness (QED) is 0.826. The summed E-state index contributed by atoms with van der Waals surface area (Å²) in [5, 5.41) is 18.8. The minimum absolute atomic E-state index is 0.00581. The van der Waals surface area contributed by atoms with E-state index in [9.17, 15) is 4.79 Å². The average molecular weight is 349 g/mol. The maximum atomic E-state index is 12.3. The Morgan fingerprint density at radius 2 is 2.25 bits per heavy atom. The lowest BCUT2D eigenvalue weighted by atomic mass is 9.92. The fraction of sp³-hybridized carbons (Fsp3) is 0.562. The summed E-state index contributed by atoms with van der Waals surface area (Å²) < 4.78 is 1.89. The molecule has 2 N–H and O–H groups in total. The summed E-state index contributed by atoms with van der Waals surface area (Å²) in [6.45, 7) is 4.33. The molecule has 0 spiro atoms. The highest BCUT2D eigenvalue weighted by atomic mass is 32.1. The van der Waals surface area contributed by atoms with Crippen LogP contribution in [0.25, 0.3) is 0 Å². The fourth-order valence-electron chi connectivity index (χ4n) is 3.21. The van der Waals surface area contributed by atoms with Crippen LogP contribution in [0.2, 0.25) is 0 Å². The number of rotatable bonds is 6. The Hall–Kier alpha value is -1.77. The molecule has 8 heteroatoms. The number of hydrogen-bond acceptors (Lipinski definition) is 6. The first-order valence-electron chi connectivity index (χ1n) is 8.26. The van der Waals surface area contributed by atoms with E-state index in [0.29, 0.717) is 17.6 Å². The number of aliphatic hydroxyl groups is 1. The van der Waals surface area contributed by atoms with E-state index >= 15 is 0 Å². The smallest absolute Gasteiger partial charge is 0.243 e. The maximum absolute atomic E-state index is 12.3. The predicted molar refractivity (Wildman–Crippen MR) is 93.1 cm³/mol. The molecule has 0 unspecified atom stereocenters. The van der Waals surface area contributed by atoms with Crippen LogP contribution >= 0.6 is 11.3 Å². The Bertz CT molecular complexity index is 649. The van der Waals surface area contributed by atoms with Crippen LogP contribution in [0.4, 0.5) is 5.13 Å². The summed E-state index contributed by atoms with van der Waals surface area (Å²) >= 11 is 1.43. The Morgan fingerprint density at radius 1 is 1.46 bits per heavy atom. The molecule has 130 valence electrons. The molecule has 2 aromatic rings. The number of likely N-dealkylation sites (tertiary alicyclic amines) is 1. The molecule has 3 rings (SSSR count). The number of carbonyl (C=O) groups excluding carboxylic acids is 1. The number of piperidine rings is 1. The van der Waals surface area contributed by atoms with Crippen LogP contribution in [-0.2, 0) is 11.3 Å². The van der Waals surface area contributed by atoms with Gasteiger partial charge in [0, 0.05) is 29.4 Å². The molecule has 7 nitrogen and oxygen atoms in total. The number of thiazole rings is 1. The maximum Gasteiger partial charge on any atom is 0.243 e. The van der Waals surface area contributed by atoms with Gasteiger partial charge in [-0.1, -0.05) is 0 Å². The molecule has 1 fully saturated rings. The molecule has 0 bridgehead atoms. The van der Waals surface area contributed by atoms with E-state index in [-0.39, 0.29) is 18.6 Å². The summed E-state index contributed by atoms with van der Waals surface area (Å²) in [4.78, 5) is 18.6. The van der Waals surface area contributed by atoms with Crippen molar-refractivity contribution in [3.8, 4) is 0 Å². The van der Waals surface area contributed by atoms with E-state index in [1.807, 2.05) is 23.1 Å². The van der Waals surface area contributed by atoms with Crippen LogP contribution in [0.1, 0.15) is 31.4 Å². The highest BCUT2D eigenvalue weighted by Gasteiger charge is 2.28. The standard InChI is InChI=1S/C16H23N5O2S/c1-12(15(23)19-16-17-6-11-24-16)20-7-3-13(4-8-20)14-2-5-18-21(14)9-10-22/h2,5-6,11-13,22H,3-4,7-10H2,1H3,(H,17,19,23)/t12-/m0/s1. The molecule has 0 radical (unpaired) electrons. The molecule has 1 atom stereocenters. The normalized spacial score (nSPS) is 17.8. The first kappa shape index (κ1) is 17.1. The molecule has 1 saturated heterocycles. The van der Waals surface area contributed by atoms with Gasteiger partial charge in [0.2, 0.25) is 5.91 Å². The lowest BCUT2D eigenvalue weighted by Gasteiger charge is -2.35.